The molecular weight excluding hydrogens is 334 g/mol. The molecule has 0 atom stereocenters. The van der Waals surface area contributed by atoms with E-state index in [1.165, 1.54) is 5.56 Å². The van der Waals surface area contributed by atoms with Gasteiger partial charge >= 0.3 is 0 Å². The molecule has 2 aromatic carbocycles. The van der Waals surface area contributed by atoms with Gasteiger partial charge in [-0.2, -0.15) is 0 Å². The summed E-state index contributed by atoms with van der Waals surface area (Å²) in [6.07, 6.45) is 0. The molecule has 0 saturated heterocycles. The van der Waals surface area contributed by atoms with Crippen molar-refractivity contribution in [3.63, 3.8) is 0 Å². The highest BCUT2D eigenvalue weighted by Crippen LogP contribution is 2.21. The van der Waals surface area contributed by atoms with Crippen molar-refractivity contribution in [1.29, 1.82) is 0 Å². The summed E-state index contributed by atoms with van der Waals surface area (Å²) in [5, 5.41) is 2.91. The van der Waals surface area contributed by atoms with E-state index in [0.717, 1.165) is 20.6 Å². The zero-order valence-electron chi connectivity index (χ0n) is 11.4. The van der Waals surface area contributed by atoms with Crippen LogP contribution in [0, 0.1) is 13.8 Å². The second-order valence-electron chi connectivity index (χ2n) is 4.61. The molecular formula is C16H16BrNOS. The lowest BCUT2D eigenvalue weighted by molar-refractivity contribution is -0.113. The lowest BCUT2D eigenvalue weighted by atomic mass is 10.2. The molecule has 0 saturated carbocycles. The molecule has 0 spiro atoms. The number of carbonyl (C=O) groups is 1. The maximum absolute atomic E-state index is 11.9. The van der Waals surface area contributed by atoms with Gasteiger partial charge in [0.1, 0.15) is 0 Å². The van der Waals surface area contributed by atoms with Crippen molar-refractivity contribution in [2.45, 2.75) is 18.7 Å². The van der Waals surface area contributed by atoms with Crippen molar-refractivity contribution >= 4 is 39.3 Å². The first-order chi connectivity index (χ1) is 9.54. The van der Waals surface area contributed by atoms with Crippen molar-refractivity contribution in [2.75, 3.05) is 11.1 Å². The number of amides is 1. The number of rotatable bonds is 4. The van der Waals surface area contributed by atoms with E-state index in [1.54, 1.807) is 11.8 Å². The van der Waals surface area contributed by atoms with Crippen LogP contribution >= 0.6 is 27.7 Å². The molecule has 104 valence electrons. The Morgan fingerprint density at radius 1 is 1.15 bits per heavy atom. The molecule has 20 heavy (non-hydrogen) atoms. The van der Waals surface area contributed by atoms with Crippen LogP contribution in [0.15, 0.2) is 51.8 Å². The summed E-state index contributed by atoms with van der Waals surface area (Å²) in [6, 6.07) is 14.0. The Hall–Kier alpha value is -1.26. The fourth-order valence-electron chi connectivity index (χ4n) is 1.70. The largest absolute Gasteiger partial charge is 0.325 e. The number of halogens is 1. The molecule has 0 aliphatic rings. The van der Waals surface area contributed by atoms with Crippen molar-refractivity contribution in [3.8, 4) is 0 Å². The van der Waals surface area contributed by atoms with Gasteiger partial charge in [-0.05, 0) is 49.7 Å². The number of carbonyl (C=O) groups excluding carboxylic acids is 1. The lowest BCUT2D eigenvalue weighted by Crippen LogP contribution is -2.14. The Kier molecular flexibility index (Phi) is 5.26. The highest BCUT2D eigenvalue weighted by atomic mass is 79.9. The van der Waals surface area contributed by atoms with Gasteiger partial charge in [0.2, 0.25) is 5.91 Å². The number of thioether (sulfide) groups is 1. The molecule has 2 rings (SSSR count). The summed E-state index contributed by atoms with van der Waals surface area (Å²) in [4.78, 5) is 13.0. The number of hydrogen-bond donors (Lipinski definition) is 1. The van der Waals surface area contributed by atoms with E-state index in [0.29, 0.717) is 5.75 Å². The summed E-state index contributed by atoms with van der Waals surface area (Å²) >= 11 is 4.99. The van der Waals surface area contributed by atoms with Gasteiger partial charge in [-0.3, -0.25) is 4.79 Å². The summed E-state index contributed by atoms with van der Waals surface area (Å²) in [5.74, 6) is 0.426. The van der Waals surface area contributed by atoms with Gasteiger partial charge in [0.05, 0.1) is 5.75 Å². The van der Waals surface area contributed by atoms with Crippen LogP contribution in [-0.4, -0.2) is 11.7 Å². The monoisotopic (exact) mass is 349 g/mol. The summed E-state index contributed by atoms with van der Waals surface area (Å²) in [5.41, 5.74) is 3.17. The SMILES string of the molecule is Cc1ccc(SCC(=O)Nc2ccc(Br)c(C)c2)cc1. The van der Waals surface area contributed by atoms with Crippen molar-refractivity contribution in [3.05, 3.63) is 58.1 Å². The maximum atomic E-state index is 11.9. The minimum absolute atomic E-state index is 0.0114. The highest BCUT2D eigenvalue weighted by molar-refractivity contribution is 9.10. The van der Waals surface area contributed by atoms with Crippen LogP contribution < -0.4 is 5.32 Å². The van der Waals surface area contributed by atoms with Crippen LogP contribution in [0.4, 0.5) is 5.69 Å². The predicted octanol–water partition coefficient (Wildman–Crippen LogP) is 4.80. The molecule has 0 aliphatic heterocycles. The number of anilines is 1. The molecule has 1 N–H and O–H groups in total. The van der Waals surface area contributed by atoms with Gasteiger partial charge in [-0.15, -0.1) is 11.8 Å². The normalized spacial score (nSPS) is 10.3. The fourth-order valence-corrected chi connectivity index (χ4v) is 2.65. The van der Waals surface area contributed by atoms with Gasteiger partial charge in [0, 0.05) is 15.1 Å². The van der Waals surface area contributed by atoms with Gasteiger partial charge in [-0.25, -0.2) is 0 Å². The van der Waals surface area contributed by atoms with Crippen LogP contribution in [0.3, 0.4) is 0 Å². The van der Waals surface area contributed by atoms with E-state index < -0.39 is 0 Å². The van der Waals surface area contributed by atoms with E-state index in [1.807, 2.05) is 37.3 Å². The zero-order chi connectivity index (χ0) is 14.5. The summed E-state index contributed by atoms with van der Waals surface area (Å²) in [7, 11) is 0. The van der Waals surface area contributed by atoms with Gasteiger partial charge in [0.15, 0.2) is 0 Å². The fraction of sp³-hybridized carbons (Fsp3) is 0.188. The van der Waals surface area contributed by atoms with Crippen molar-refractivity contribution in [2.24, 2.45) is 0 Å². The molecule has 0 aliphatic carbocycles. The van der Waals surface area contributed by atoms with E-state index in [4.69, 9.17) is 0 Å². The number of aryl methyl sites for hydroxylation is 2. The van der Waals surface area contributed by atoms with Crippen molar-refractivity contribution < 1.29 is 4.79 Å². The predicted molar refractivity (Wildman–Crippen MR) is 89.4 cm³/mol. The van der Waals surface area contributed by atoms with Gasteiger partial charge < -0.3 is 5.32 Å². The topological polar surface area (TPSA) is 29.1 Å². The average Bonchev–Trinajstić information content (AvgIpc) is 2.42. The lowest BCUT2D eigenvalue weighted by Gasteiger charge is -2.07. The van der Waals surface area contributed by atoms with E-state index in [9.17, 15) is 4.79 Å². The minimum atomic E-state index is 0.0114. The van der Waals surface area contributed by atoms with Crippen LogP contribution in [0.2, 0.25) is 0 Å². The molecule has 0 heterocycles. The van der Waals surface area contributed by atoms with Crippen LogP contribution in [0.1, 0.15) is 11.1 Å². The maximum Gasteiger partial charge on any atom is 0.234 e. The smallest absolute Gasteiger partial charge is 0.234 e. The Morgan fingerprint density at radius 3 is 2.50 bits per heavy atom. The highest BCUT2D eigenvalue weighted by Gasteiger charge is 2.05. The molecule has 0 bridgehead atoms. The second-order valence-corrected chi connectivity index (χ2v) is 6.52. The van der Waals surface area contributed by atoms with Crippen molar-refractivity contribution in [1.82, 2.24) is 0 Å². The Labute approximate surface area is 132 Å². The molecule has 2 nitrogen and oxygen atoms in total. The molecule has 1 amide bonds. The van der Waals surface area contributed by atoms with Crippen LogP contribution in [0.25, 0.3) is 0 Å². The van der Waals surface area contributed by atoms with E-state index >= 15 is 0 Å². The molecule has 4 heteroatoms. The van der Waals surface area contributed by atoms with Crippen LogP contribution in [0.5, 0.6) is 0 Å². The Bertz CT molecular complexity index is 610. The number of benzene rings is 2. The number of nitrogens with one attached hydrogen (secondary N) is 1. The third-order valence-electron chi connectivity index (χ3n) is 2.83. The number of hydrogen-bond acceptors (Lipinski definition) is 2. The third kappa shape index (κ3) is 4.39. The quantitative estimate of drug-likeness (QED) is 0.803. The standard InChI is InChI=1S/C16H16BrNOS/c1-11-3-6-14(7-4-11)20-10-16(19)18-13-5-8-15(17)12(2)9-13/h3-9H,10H2,1-2H3,(H,18,19). The first-order valence-corrected chi connectivity index (χ1v) is 8.08. The van der Waals surface area contributed by atoms with Gasteiger partial charge in [-0.1, -0.05) is 33.6 Å². The van der Waals surface area contributed by atoms with E-state index in [2.05, 4.69) is 40.3 Å². The molecule has 0 radical (unpaired) electrons. The van der Waals surface area contributed by atoms with Gasteiger partial charge in [0.25, 0.3) is 0 Å². The molecule has 0 aromatic heterocycles. The summed E-state index contributed by atoms with van der Waals surface area (Å²) < 4.78 is 1.05. The second kappa shape index (κ2) is 6.95. The minimum Gasteiger partial charge on any atom is -0.325 e. The first-order valence-electron chi connectivity index (χ1n) is 6.30. The van der Waals surface area contributed by atoms with Crippen LogP contribution in [-0.2, 0) is 4.79 Å². The Morgan fingerprint density at radius 2 is 1.85 bits per heavy atom. The Balaban J connectivity index is 1.89. The van der Waals surface area contributed by atoms with E-state index in [-0.39, 0.29) is 5.91 Å². The molecule has 0 fully saturated rings. The first kappa shape index (κ1) is 15.1. The zero-order valence-corrected chi connectivity index (χ0v) is 13.8. The average molecular weight is 350 g/mol. The summed E-state index contributed by atoms with van der Waals surface area (Å²) in [6.45, 7) is 4.05. The molecule has 2 aromatic rings. The molecule has 0 unspecified atom stereocenters. The third-order valence-corrected chi connectivity index (χ3v) is 4.73.